The van der Waals surface area contributed by atoms with Gasteiger partial charge in [0.15, 0.2) is 0 Å². The fourth-order valence-corrected chi connectivity index (χ4v) is 2.44. The molecule has 0 saturated heterocycles. The zero-order valence-electron chi connectivity index (χ0n) is 11.2. The first kappa shape index (κ1) is 13.5. The van der Waals surface area contributed by atoms with E-state index in [1.54, 1.807) is 0 Å². The first-order chi connectivity index (χ1) is 7.63. The summed E-state index contributed by atoms with van der Waals surface area (Å²) in [7, 11) is 0. The molecule has 0 bridgehead atoms. The number of hydrogen-bond acceptors (Lipinski definition) is 1. The molecule has 0 spiro atoms. The monoisotopic (exact) mass is 221 g/mol. The molecule has 1 heteroatoms. The molecule has 1 aliphatic rings. The van der Waals surface area contributed by atoms with Gasteiger partial charge in [-0.25, -0.2) is 0 Å². The Bertz CT molecular complexity index is 244. The number of nitrogens with one attached hydrogen (secondary N) is 1. The van der Waals surface area contributed by atoms with Crippen LogP contribution in [0.5, 0.6) is 0 Å². The molecule has 1 N–H and O–H groups in total. The minimum Gasteiger partial charge on any atom is -0.310 e. The SMILES string of the molecule is C=C(CC(C)C)/C(=C/C)CNC1CCCC1. The van der Waals surface area contributed by atoms with E-state index in [9.17, 15) is 0 Å². The van der Waals surface area contributed by atoms with E-state index >= 15 is 0 Å². The third kappa shape index (κ3) is 4.52. The molecule has 0 aromatic carbocycles. The normalized spacial score (nSPS) is 18.4. The summed E-state index contributed by atoms with van der Waals surface area (Å²) in [4.78, 5) is 0. The number of hydrogen-bond donors (Lipinski definition) is 1. The van der Waals surface area contributed by atoms with Gasteiger partial charge in [0, 0.05) is 12.6 Å². The lowest BCUT2D eigenvalue weighted by atomic mass is 9.97. The summed E-state index contributed by atoms with van der Waals surface area (Å²) in [5, 5.41) is 3.66. The molecule has 1 saturated carbocycles. The van der Waals surface area contributed by atoms with Gasteiger partial charge in [-0.3, -0.25) is 0 Å². The third-order valence-corrected chi connectivity index (χ3v) is 3.39. The Kier molecular flexibility index (Phi) is 5.83. The molecule has 1 aliphatic carbocycles. The van der Waals surface area contributed by atoms with Crippen molar-refractivity contribution in [3.63, 3.8) is 0 Å². The van der Waals surface area contributed by atoms with Gasteiger partial charge in [0.2, 0.25) is 0 Å². The average Bonchev–Trinajstić information content (AvgIpc) is 2.70. The van der Waals surface area contributed by atoms with Crippen LogP contribution in [0.4, 0.5) is 0 Å². The van der Waals surface area contributed by atoms with E-state index in [0.29, 0.717) is 5.92 Å². The Hall–Kier alpha value is -0.560. The van der Waals surface area contributed by atoms with Crippen LogP contribution in [0.25, 0.3) is 0 Å². The first-order valence-electron chi connectivity index (χ1n) is 6.70. The molecule has 0 aromatic rings. The molecule has 1 rings (SSSR count). The van der Waals surface area contributed by atoms with E-state index in [1.807, 2.05) is 0 Å². The zero-order valence-corrected chi connectivity index (χ0v) is 11.2. The summed E-state index contributed by atoms with van der Waals surface area (Å²) < 4.78 is 0. The highest BCUT2D eigenvalue weighted by Gasteiger charge is 2.14. The fourth-order valence-electron chi connectivity index (χ4n) is 2.44. The lowest BCUT2D eigenvalue weighted by Crippen LogP contribution is -2.28. The predicted octanol–water partition coefficient (Wildman–Crippen LogP) is 4.07. The molecule has 16 heavy (non-hydrogen) atoms. The molecule has 0 amide bonds. The second kappa shape index (κ2) is 6.90. The van der Waals surface area contributed by atoms with Crippen LogP contribution in [-0.4, -0.2) is 12.6 Å². The van der Waals surface area contributed by atoms with Crippen molar-refractivity contribution in [3.8, 4) is 0 Å². The second-order valence-corrected chi connectivity index (χ2v) is 5.38. The van der Waals surface area contributed by atoms with Crippen LogP contribution in [-0.2, 0) is 0 Å². The molecular weight excluding hydrogens is 194 g/mol. The first-order valence-corrected chi connectivity index (χ1v) is 6.70. The Balaban J connectivity index is 2.33. The van der Waals surface area contributed by atoms with Crippen molar-refractivity contribution in [1.82, 2.24) is 5.32 Å². The quantitative estimate of drug-likeness (QED) is 0.667. The van der Waals surface area contributed by atoms with E-state index in [4.69, 9.17) is 0 Å². The molecule has 0 aromatic heterocycles. The smallest absolute Gasteiger partial charge is 0.0207 e. The van der Waals surface area contributed by atoms with E-state index in [1.165, 1.54) is 36.8 Å². The molecule has 0 radical (unpaired) electrons. The van der Waals surface area contributed by atoms with Gasteiger partial charge < -0.3 is 5.32 Å². The standard InChI is InChI=1S/C15H27N/c1-5-14(13(4)10-12(2)3)11-16-15-8-6-7-9-15/h5,12,15-16H,4,6-11H2,1-3H3/b14-5+. The highest BCUT2D eigenvalue weighted by molar-refractivity contribution is 5.29. The van der Waals surface area contributed by atoms with E-state index in [2.05, 4.69) is 38.7 Å². The summed E-state index contributed by atoms with van der Waals surface area (Å²) in [6.07, 6.45) is 8.84. The maximum atomic E-state index is 4.20. The van der Waals surface area contributed by atoms with Crippen LogP contribution in [0.1, 0.15) is 52.9 Å². The van der Waals surface area contributed by atoms with E-state index < -0.39 is 0 Å². The molecular formula is C15H27N. The Morgan fingerprint density at radius 3 is 2.50 bits per heavy atom. The van der Waals surface area contributed by atoms with Gasteiger partial charge in [0.1, 0.15) is 0 Å². The number of rotatable bonds is 6. The maximum Gasteiger partial charge on any atom is 0.0207 e. The summed E-state index contributed by atoms with van der Waals surface area (Å²) in [6, 6.07) is 0.752. The Morgan fingerprint density at radius 2 is 2.00 bits per heavy atom. The minimum absolute atomic E-state index is 0.703. The van der Waals surface area contributed by atoms with E-state index in [-0.39, 0.29) is 0 Å². The molecule has 0 heterocycles. The topological polar surface area (TPSA) is 12.0 Å². The molecule has 0 aliphatic heterocycles. The zero-order chi connectivity index (χ0) is 12.0. The van der Waals surface area contributed by atoms with Gasteiger partial charge in [-0.15, -0.1) is 0 Å². The molecule has 92 valence electrons. The van der Waals surface area contributed by atoms with Gasteiger partial charge in [-0.2, -0.15) is 0 Å². The second-order valence-electron chi connectivity index (χ2n) is 5.38. The summed E-state index contributed by atoms with van der Waals surface area (Å²) >= 11 is 0. The molecule has 1 nitrogen and oxygen atoms in total. The van der Waals surface area contributed by atoms with Gasteiger partial charge in [0.05, 0.1) is 0 Å². The molecule has 1 fully saturated rings. The van der Waals surface area contributed by atoms with Crippen LogP contribution in [0.15, 0.2) is 23.8 Å². The maximum absolute atomic E-state index is 4.20. The van der Waals surface area contributed by atoms with Crippen molar-refractivity contribution in [2.24, 2.45) is 5.92 Å². The van der Waals surface area contributed by atoms with Crippen LogP contribution < -0.4 is 5.32 Å². The molecule has 0 atom stereocenters. The van der Waals surface area contributed by atoms with Crippen molar-refractivity contribution in [2.45, 2.75) is 58.9 Å². The summed E-state index contributed by atoms with van der Waals surface area (Å²) in [5.41, 5.74) is 2.71. The Morgan fingerprint density at radius 1 is 1.38 bits per heavy atom. The van der Waals surface area contributed by atoms with Crippen molar-refractivity contribution in [3.05, 3.63) is 23.8 Å². The molecule has 0 unspecified atom stereocenters. The highest BCUT2D eigenvalue weighted by atomic mass is 14.9. The van der Waals surface area contributed by atoms with Crippen molar-refractivity contribution in [2.75, 3.05) is 6.54 Å². The van der Waals surface area contributed by atoms with Crippen molar-refractivity contribution < 1.29 is 0 Å². The third-order valence-electron chi connectivity index (χ3n) is 3.39. The fraction of sp³-hybridized carbons (Fsp3) is 0.733. The van der Waals surface area contributed by atoms with Crippen LogP contribution in [0, 0.1) is 5.92 Å². The van der Waals surface area contributed by atoms with Crippen LogP contribution in [0.2, 0.25) is 0 Å². The van der Waals surface area contributed by atoms with Gasteiger partial charge in [-0.05, 0) is 37.7 Å². The van der Waals surface area contributed by atoms with Crippen molar-refractivity contribution >= 4 is 0 Å². The van der Waals surface area contributed by atoms with E-state index in [0.717, 1.165) is 19.0 Å². The Labute approximate surface area is 101 Å². The predicted molar refractivity (Wildman–Crippen MR) is 72.6 cm³/mol. The lowest BCUT2D eigenvalue weighted by Gasteiger charge is -2.17. The highest BCUT2D eigenvalue weighted by Crippen LogP contribution is 2.20. The largest absolute Gasteiger partial charge is 0.310 e. The van der Waals surface area contributed by atoms with Gasteiger partial charge in [0.25, 0.3) is 0 Å². The van der Waals surface area contributed by atoms with Crippen LogP contribution in [0.3, 0.4) is 0 Å². The lowest BCUT2D eigenvalue weighted by molar-refractivity contribution is 0.546. The van der Waals surface area contributed by atoms with Crippen molar-refractivity contribution in [1.29, 1.82) is 0 Å². The minimum atomic E-state index is 0.703. The van der Waals surface area contributed by atoms with Gasteiger partial charge in [-0.1, -0.05) is 44.9 Å². The average molecular weight is 221 g/mol. The summed E-state index contributed by atoms with van der Waals surface area (Å²) in [6.45, 7) is 11.8. The summed E-state index contributed by atoms with van der Waals surface area (Å²) in [5.74, 6) is 0.703. The van der Waals surface area contributed by atoms with Crippen LogP contribution >= 0.6 is 0 Å². The number of allylic oxidation sites excluding steroid dienone is 1. The van der Waals surface area contributed by atoms with Gasteiger partial charge >= 0.3 is 0 Å².